The number of H-pyrrole nitrogens is 1. The van der Waals surface area contributed by atoms with Crippen LogP contribution in [-0.4, -0.2) is 70.1 Å². The minimum atomic E-state index is -4.57. The van der Waals surface area contributed by atoms with Crippen molar-refractivity contribution in [3.8, 4) is 28.7 Å². The predicted molar refractivity (Wildman–Crippen MR) is 508 cm³/mol. The number of rotatable bonds is 31. The number of thiazole rings is 2. The van der Waals surface area contributed by atoms with E-state index in [0.29, 0.717) is 106 Å². The number of carbonyl (C=O) groups is 4. The summed E-state index contributed by atoms with van der Waals surface area (Å²) in [6, 6.07) is 80.0. The highest BCUT2D eigenvalue weighted by atomic mass is 32.1. The molecular weight excluding hydrogens is 1760 g/mol. The van der Waals surface area contributed by atoms with Crippen LogP contribution in [0.4, 0.5) is 30.7 Å². The van der Waals surface area contributed by atoms with Crippen molar-refractivity contribution in [3.63, 3.8) is 0 Å². The molecule has 0 aliphatic rings. The molecular formula is C104H101F7N12O9S2. The fourth-order valence-corrected chi connectivity index (χ4v) is 13.4. The van der Waals surface area contributed by atoms with Crippen LogP contribution in [0.2, 0.25) is 0 Å². The largest absolute Gasteiger partial charge is 0.489 e. The number of benzene rings is 10. The summed E-state index contributed by atoms with van der Waals surface area (Å²) < 4.78 is 122. The third-order valence-corrected chi connectivity index (χ3v) is 21.2. The van der Waals surface area contributed by atoms with Crippen LogP contribution in [0.5, 0.6) is 28.7 Å². The Morgan fingerprint density at radius 1 is 0.440 bits per heavy atom. The first kappa shape index (κ1) is 102. The molecule has 21 nitrogen and oxygen atoms in total. The van der Waals surface area contributed by atoms with Gasteiger partial charge in [0.2, 0.25) is 0 Å². The second-order valence-corrected chi connectivity index (χ2v) is 31.0. The molecule has 134 heavy (non-hydrogen) atoms. The molecule has 0 bridgehead atoms. The zero-order valence-electron chi connectivity index (χ0n) is 71.1. The molecule has 0 aliphatic heterocycles. The van der Waals surface area contributed by atoms with Gasteiger partial charge in [-0.05, 0) is 168 Å². The van der Waals surface area contributed by atoms with Gasteiger partial charge in [-0.25, -0.2) is 32.5 Å². The van der Waals surface area contributed by atoms with Gasteiger partial charge in [0.25, 0.3) is 23.6 Å². The highest BCUT2D eigenvalue weighted by molar-refractivity contribution is 7.10. The fraction of sp³-hybridized carbons (Fsp3) is 0.163. The number of pyridine rings is 1. The van der Waals surface area contributed by atoms with Crippen LogP contribution in [0, 0.1) is 37.1 Å². The lowest BCUT2D eigenvalue weighted by molar-refractivity contribution is -0.137. The van der Waals surface area contributed by atoms with Crippen molar-refractivity contribution in [1.82, 2.24) is 60.7 Å². The number of halogens is 7. The molecule has 0 unspecified atom stereocenters. The van der Waals surface area contributed by atoms with Gasteiger partial charge in [-0.2, -0.15) is 18.3 Å². The van der Waals surface area contributed by atoms with E-state index in [2.05, 4.69) is 77.0 Å². The molecule has 30 heteroatoms. The lowest BCUT2D eigenvalue weighted by Crippen LogP contribution is -2.26. The minimum absolute atomic E-state index is 0. The fourth-order valence-electron chi connectivity index (χ4n) is 12.2. The van der Waals surface area contributed by atoms with Crippen molar-refractivity contribution < 1.29 is 73.6 Å². The van der Waals surface area contributed by atoms with Crippen LogP contribution >= 0.6 is 22.7 Å². The molecule has 4 amide bonds. The first-order chi connectivity index (χ1) is 63.5. The van der Waals surface area contributed by atoms with E-state index in [1.165, 1.54) is 64.9 Å². The van der Waals surface area contributed by atoms with Gasteiger partial charge < -0.3 is 54.3 Å². The van der Waals surface area contributed by atoms with E-state index in [4.69, 9.17) is 23.7 Å². The molecule has 0 saturated heterocycles. The Hall–Kier alpha value is -15.6. The molecule has 692 valence electrons. The smallest absolute Gasteiger partial charge is 0.443 e. The van der Waals surface area contributed by atoms with Gasteiger partial charge >= 0.3 is 6.18 Å². The number of hydrogen-bond donors (Lipinski definition) is 5. The Morgan fingerprint density at radius 2 is 0.843 bits per heavy atom. The van der Waals surface area contributed by atoms with Gasteiger partial charge in [0.1, 0.15) is 102 Å². The molecule has 6 aromatic heterocycles. The Labute approximate surface area is 781 Å². The summed E-state index contributed by atoms with van der Waals surface area (Å²) in [5, 5.41) is 21.2. The summed E-state index contributed by atoms with van der Waals surface area (Å²) in [5.41, 5.74) is 12.9. The van der Waals surface area contributed by atoms with E-state index in [-0.39, 0.29) is 102 Å². The number of aryl methyl sites for hydroxylation is 2. The van der Waals surface area contributed by atoms with Crippen LogP contribution in [0.1, 0.15) is 141 Å². The number of aromatic amines is 1. The topological polar surface area (TPSA) is 250 Å². The second-order valence-electron chi connectivity index (χ2n) is 29.1. The Bertz CT molecular complexity index is 6370. The van der Waals surface area contributed by atoms with E-state index < -0.39 is 17.1 Å². The van der Waals surface area contributed by atoms with Crippen molar-refractivity contribution in [3.05, 3.63) is 450 Å². The molecule has 5 N–H and O–H groups in total. The zero-order valence-corrected chi connectivity index (χ0v) is 72.8. The third-order valence-electron chi connectivity index (χ3n) is 19.6. The lowest BCUT2D eigenvalue weighted by Gasteiger charge is -2.16. The summed E-state index contributed by atoms with van der Waals surface area (Å²) in [4.78, 5) is 65.5. The quantitative estimate of drug-likeness (QED) is 0.0253. The van der Waals surface area contributed by atoms with Crippen LogP contribution < -0.4 is 45.0 Å². The highest BCUT2D eigenvalue weighted by Crippen LogP contribution is 2.33. The van der Waals surface area contributed by atoms with Gasteiger partial charge in [0.05, 0.1) is 23.1 Å². The summed E-state index contributed by atoms with van der Waals surface area (Å²) in [6.45, 7) is 11.2. The molecule has 6 heterocycles. The van der Waals surface area contributed by atoms with Crippen molar-refractivity contribution in [2.45, 2.75) is 108 Å². The highest BCUT2D eigenvalue weighted by Gasteiger charge is 2.35. The van der Waals surface area contributed by atoms with Crippen molar-refractivity contribution >= 4 is 57.5 Å². The number of nitrogens with one attached hydrogen (secondary N) is 5. The number of hydrogen-bond acceptors (Lipinski definition) is 17. The molecule has 0 atom stereocenters. The molecule has 16 aromatic rings. The first-order valence-corrected chi connectivity index (χ1v) is 42.6. The Kier molecular flexibility index (Phi) is 39.4. The number of ether oxygens (including phenoxy) is 5. The molecule has 0 fully saturated rings. The number of alkyl halides is 3. The van der Waals surface area contributed by atoms with E-state index in [9.17, 15) is 49.9 Å². The maximum atomic E-state index is 13.6. The molecule has 0 saturated carbocycles. The van der Waals surface area contributed by atoms with Crippen LogP contribution in [-0.2, 0) is 71.9 Å². The molecule has 0 aliphatic carbocycles. The van der Waals surface area contributed by atoms with Gasteiger partial charge in [-0.15, -0.1) is 22.7 Å². The standard InChI is InChI=1S/C22H18FN3O2.C20H16F4N2O2S.C20H17FN2O2.C20H20N2O2S.C19H18FN3O.3CH4/c23-20-6-2-1-4-17(20)14-28-19-9-7-16(8-10-19)13-24-22(27)21-12-18-5-3-11-26(18)15-25-21;1-26(18(27)17-12-29-19(25-17)20(22,23)24)10-13-6-8-15(9-7-13)28-11-14-4-2-3-5-16(14)21;21-19-6-2-1-4-17(19)14-25-18-9-7-15(8-10-18)12-23-20(24)16-5-3-11-22-13-16;1-14-5-3-4-6-17(14)12-24-18-9-7-16(8-10-18)11-21-20(23)19-13-25-15(2)22-19;1-14(17-11-22-23-12-17)21-10-15-6-8-18(9-7-15)24-13-16-4-2-3-5-19(16)20;;;/h1-12,15H,13-14H2,(H,24,27);2-9,12H,10-11H2,1H3;1-11,13H,12,14H2,(H,23,24);3-10,13H,11-12H2,1-2H3,(H,21,23);2-9,11-12,21H,1,10,13H2,(H,22,23);3*1H4. The number of aromatic nitrogens is 7. The number of carbonyl (C=O) groups excluding carboxylic acids is 4. The predicted octanol–water partition coefficient (Wildman–Crippen LogP) is 22.9. The SMILES string of the molecule is C.C.C.C=C(NCc1ccc(OCc2ccccc2F)cc1)c1cn[nH]c1.CN(Cc1ccc(OCc2ccccc2F)cc1)C(=O)c1csc(C(F)(F)F)n1.Cc1nc(C(=O)NCc2ccc(OCc3ccccc3C)cc2)cs1.O=C(NCc1ccc(OCc2ccccc2F)cc1)c1cc2cccn2cn1.O=C(NCc1ccc(OCc2ccccc2F)cc1)c1cccnc1. The number of fused-ring (bicyclic) bond motifs is 1. The Balaban J connectivity index is 0.000000187. The number of amides is 4. The van der Waals surface area contributed by atoms with Gasteiger partial charge in [-0.1, -0.05) is 187 Å². The van der Waals surface area contributed by atoms with Crippen molar-refractivity contribution in [1.29, 1.82) is 0 Å². The van der Waals surface area contributed by atoms with E-state index in [1.807, 2.05) is 115 Å². The van der Waals surface area contributed by atoms with Crippen LogP contribution in [0.3, 0.4) is 0 Å². The first-order valence-electron chi connectivity index (χ1n) is 40.9. The van der Waals surface area contributed by atoms with E-state index >= 15 is 0 Å². The van der Waals surface area contributed by atoms with Gasteiger partial charge in [-0.3, -0.25) is 29.3 Å². The van der Waals surface area contributed by atoms with Crippen LogP contribution in [0.15, 0.2) is 328 Å². The summed E-state index contributed by atoms with van der Waals surface area (Å²) in [7, 11) is 1.48. The average Bonchev–Trinajstić information content (AvgIpc) is 1.69. The molecule has 10 aromatic carbocycles. The monoisotopic (exact) mass is 1860 g/mol. The summed E-state index contributed by atoms with van der Waals surface area (Å²) in [6.07, 6.45) is 5.57. The van der Waals surface area contributed by atoms with Crippen LogP contribution in [0.25, 0.3) is 11.2 Å². The molecule has 16 rings (SSSR count). The maximum Gasteiger partial charge on any atom is 0.443 e. The van der Waals surface area contributed by atoms with Crippen molar-refractivity contribution in [2.75, 3.05) is 7.05 Å². The zero-order chi connectivity index (χ0) is 92.3. The van der Waals surface area contributed by atoms with Crippen molar-refractivity contribution in [2.24, 2.45) is 0 Å². The minimum Gasteiger partial charge on any atom is -0.489 e. The molecule has 0 radical (unpaired) electrons. The summed E-state index contributed by atoms with van der Waals surface area (Å²) >= 11 is 1.86. The van der Waals surface area contributed by atoms with Gasteiger partial charge in [0, 0.05) is 114 Å². The van der Waals surface area contributed by atoms with Gasteiger partial charge in [0.15, 0.2) is 5.01 Å². The number of nitrogens with zero attached hydrogens (tertiary/aromatic N) is 7. The normalized spacial score (nSPS) is 10.4. The van der Waals surface area contributed by atoms with E-state index in [1.54, 1.807) is 170 Å². The van der Waals surface area contributed by atoms with E-state index in [0.717, 1.165) is 60.7 Å². The lowest BCUT2D eigenvalue weighted by atomic mass is 10.1. The maximum absolute atomic E-state index is 13.6. The summed E-state index contributed by atoms with van der Waals surface area (Å²) in [5.74, 6) is 1.01. The molecule has 0 spiro atoms. The third kappa shape index (κ3) is 31.9. The Morgan fingerprint density at radius 3 is 1.24 bits per heavy atom. The second kappa shape index (κ2) is 51.7. The average molecular weight is 1860 g/mol.